The Morgan fingerprint density at radius 1 is 1.18 bits per heavy atom. The second-order valence-corrected chi connectivity index (χ2v) is 3.82. The molecule has 0 spiro atoms. The average molecular weight is 239 g/mol. The van der Waals surface area contributed by atoms with Crippen molar-refractivity contribution in [2.45, 2.75) is 39.3 Å². The van der Waals surface area contributed by atoms with Crippen LogP contribution in [-0.4, -0.2) is 37.0 Å². The van der Waals surface area contributed by atoms with Crippen LogP contribution in [0, 0.1) is 12.3 Å². The lowest BCUT2D eigenvalue weighted by molar-refractivity contribution is -0.125. The number of amides is 2. The van der Waals surface area contributed by atoms with Crippen molar-refractivity contribution in [3.8, 4) is 12.3 Å². The van der Waals surface area contributed by atoms with Gasteiger partial charge in [-0.1, -0.05) is 12.8 Å². The van der Waals surface area contributed by atoms with Crippen LogP contribution in [0.5, 0.6) is 0 Å². The zero-order valence-electron chi connectivity index (χ0n) is 10.7. The molecule has 0 aliphatic rings. The second-order valence-electron chi connectivity index (χ2n) is 3.82. The van der Waals surface area contributed by atoms with Crippen molar-refractivity contribution in [2.75, 3.05) is 13.1 Å². The van der Waals surface area contributed by atoms with Crippen molar-refractivity contribution in [3.63, 3.8) is 0 Å². The summed E-state index contributed by atoms with van der Waals surface area (Å²) in [7, 11) is 0. The van der Waals surface area contributed by atoms with Gasteiger partial charge in [-0.2, -0.15) is 0 Å². The zero-order chi connectivity index (χ0) is 13.3. The number of carbonyl (C=O) groups excluding carboxylic acids is 2. The first-order chi connectivity index (χ1) is 8.02. The highest BCUT2D eigenvalue weighted by Crippen LogP contribution is 1.89. The van der Waals surface area contributed by atoms with Crippen LogP contribution in [0.15, 0.2) is 0 Å². The minimum absolute atomic E-state index is 0.108. The first-order valence-corrected chi connectivity index (χ1v) is 5.77. The maximum Gasteiger partial charge on any atom is 0.237 e. The van der Waals surface area contributed by atoms with Crippen molar-refractivity contribution < 1.29 is 9.59 Å². The van der Waals surface area contributed by atoms with Gasteiger partial charge in [0.05, 0.1) is 18.6 Å². The lowest BCUT2D eigenvalue weighted by Crippen LogP contribution is -2.51. The van der Waals surface area contributed by atoms with E-state index in [2.05, 4.69) is 21.9 Å². The molecule has 17 heavy (non-hydrogen) atoms. The van der Waals surface area contributed by atoms with Gasteiger partial charge in [0.15, 0.2) is 0 Å². The fourth-order valence-corrected chi connectivity index (χ4v) is 1.22. The number of nitrogens with one attached hydrogen (secondary N) is 3. The van der Waals surface area contributed by atoms with Crippen molar-refractivity contribution in [2.24, 2.45) is 0 Å². The minimum Gasteiger partial charge on any atom is -0.355 e. The summed E-state index contributed by atoms with van der Waals surface area (Å²) >= 11 is 0. The molecule has 0 saturated heterocycles. The molecular formula is C12H21N3O2. The van der Waals surface area contributed by atoms with Gasteiger partial charge in [-0.15, -0.1) is 6.42 Å². The number of terminal acetylenes is 1. The van der Waals surface area contributed by atoms with E-state index < -0.39 is 12.1 Å². The molecule has 3 N–H and O–H groups in total. The van der Waals surface area contributed by atoms with Crippen LogP contribution < -0.4 is 16.0 Å². The predicted molar refractivity (Wildman–Crippen MR) is 67.2 cm³/mol. The molecule has 2 amide bonds. The van der Waals surface area contributed by atoms with E-state index in [-0.39, 0.29) is 18.4 Å². The Labute approximate surface area is 103 Å². The Kier molecular flexibility index (Phi) is 7.82. The molecule has 0 aromatic heterocycles. The van der Waals surface area contributed by atoms with Gasteiger partial charge in [0.1, 0.15) is 0 Å². The third kappa shape index (κ3) is 6.59. The molecule has 2 unspecified atom stereocenters. The van der Waals surface area contributed by atoms with Gasteiger partial charge in [-0.25, -0.2) is 0 Å². The largest absolute Gasteiger partial charge is 0.355 e. The first-order valence-electron chi connectivity index (χ1n) is 5.77. The fraction of sp³-hybridized carbons (Fsp3) is 0.667. The van der Waals surface area contributed by atoms with E-state index in [1.807, 2.05) is 6.92 Å². The van der Waals surface area contributed by atoms with Crippen LogP contribution in [0.3, 0.4) is 0 Å². The Balaban J connectivity index is 4.01. The summed E-state index contributed by atoms with van der Waals surface area (Å²) in [6.45, 7) is 6.23. The summed E-state index contributed by atoms with van der Waals surface area (Å²) in [4.78, 5) is 23.0. The molecule has 2 atom stereocenters. The molecular weight excluding hydrogens is 218 g/mol. The predicted octanol–water partition coefficient (Wildman–Crippen LogP) is -0.371. The molecule has 0 rings (SSSR count). The van der Waals surface area contributed by atoms with E-state index in [0.717, 1.165) is 6.42 Å². The molecule has 0 aromatic rings. The Bertz CT molecular complexity index is 297. The smallest absolute Gasteiger partial charge is 0.237 e. The van der Waals surface area contributed by atoms with Gasteiger partial charge in [0.2, 0.25) is 11.8 Å². The van der Waals surface area contributed by atoms with Gasteiger partial charge in [-0.05, 0) is 20.3 Å². The minimum atomic E-state index is -0.453. The standard InChI is InChI=1S/C12H21N3O2/c1-5-7-13-11(16)9(3)15-10(4)12(17)14-8-6-2/h1,9-10,15H,6-8H2,2-4H3,(H,13,16)(H,14,17). The molecule has 0 saturated carbocycles. The van der Waals surface area contributed by atoms with Crippen molar-refractivity contribution in [1.29, 1.82) is 0 Å². The van der Waals surface area contributed by atoms with Crippen molar-refractivity contribution >= 4 is 11.8 Å². The van der Waals surface area contributed by atoms with Crippen LogP contribution in [0.25, 0.3) is 0 Å². The maximum absolute atomic E-state index is 11.5. The summed E-state index contributed by atoms with van der Waals surface area (Å²) < 4.78 is 0. The fourth-order valence-electron chi connectivity index (χ4n) is 1.22. The van der Waals surface area contributed by atoms with E-state index in [9.17, 15) is 9.59 Å². The van der Waals surface area contributed by atoms with E-state index in [0.29, 0.717) is 6.54 Å². The molecule has 0 aromatic carbocycles. The van der Waals surface area contributed by atoms with Crippen LogP contribution in [0.2, 0.25) is 0 Å². The average Bonchev–Trinajstić information content (AvgIpc) is 2.32. The summed E-state index contributed by atoms with van der Waals surface area (Å²) in [5.41, 5.74) is 0. The summed E-state index contributed by atoms with van der Waals surface area (Å²) in [6.07, 6.45) is 5.92. The Morgan fingerprint density at radius 3 is 2.18 bits per heavy atom. The maximum atomic E-state index is 11.5. The van der Waals surface area contributed by atoms with Gasteiger partial charge in [-0.3, -0.25) is 14.9 Å². The highest BCUT2D eigenvalue weighted by molar-refractivity contribution is 5.84. The van der Waals surface area contributed by atoms with Crippen LogP contribution >= 0.6 is 0 Å². The summed E-state index contributed by atoms with van der Waals surface area (Å²) in [6, 6.07) is -0.862. The molecule has 0 aliphatic carbocycles. The van der Waals surface area contributed by atoms with E-state index in [4.69, 9.17) is 6.42 Å². The third-order valence-corrected chi connectivity index (χ3v) is 2.20. The molecule has 0 fully saturated rings. The van der Waals surface area contributed by atoms with Crippen LogP contribution in [0.1, 0.15) is 27.2 Å². The van der Waals surface area contributed by atoms with E-state index in [1.54, 1.807) is 13.8 Å². The van der Waals surface area contributed by atoms with E-state index >= 15 is 0 Å². The lowest BCUT2D eigenvalue weighted by atomic mass is 10.2. The molecule has 0 bridgehead atoms. The molecule has 5 heteroatoms. The Hall–Kier alpha value is -1.54. The molecule has 5 nitrogen and oxygen atoms in total. The number of hydrogen-bond donors (Lipinski definition) is 3. The number of hydrogen-bond acceptors (Lipinski definition) is 3. The van der Waals surface area contributed by atoms with Crippen molar-refractivity contribution in [1.82, 2.24) is 16.0 Å². The zero-order valence-corrected chi connectivity index (χ0v) is 10.7. The highest BCUT2D eigenvalue weighted by atomic mass is 16.2. The van der Waals surface area contributed by atoms with Crippen LogP contribution in [0.4, 0.5) is 0 Å². The topological polar surface area (TPSA) is 70.2 Å². The number of carbonyl (C=O) groups is 2. The lowest BCUT2D eigenvalue weighted by Gasteiger charge is -2.18. The molecule has 96 valence electrons. The summed E-state index contributed by atoms with van der Waals surface area (Å²) in [5.74, 6) is 2.00. The SMILES string of the molecule is C#CCNC(=O)C(C)NC(C)C(=O)NCCC. The monoisotopic (exact) mass is 239 g/mol. The third-order valence-electron chi connectivity index (χ3n) is 2.20. The highest BCUT2D eigenvalue weighted by Gasteiger charge is 2.18. The first kappa shape index (κ1) is 15.5. The number of rotatable bonds is 7. The second kappa shape index (κ2) is 8.59. The van der Waals surface area contributed by atoms with Gasteiger partial charge >= 0.3 is 0 Å². The molecule has 0 aliphatic heterocycles. The van der Waals surface area contributed by atoms with Gasteiger partial charge < -0.3 is 10.6 Å². The van der Waals surface area contributed by atoms with Crippen molar-refractivity contribution in [3.05, 3.63) is 0 Å². The molecule has 0 radical (unpaired) electrons. The summed E-state index contributed by atoms with van der Waals surface area (Å²) in [5, 5.41) is 8.21. The van der Waals surface area contributed by atoms with Crippen LogP contribution in [-0.2, 0) is 9.59 Å². The van der Waals surface area contributed by atoms with Gasteiger partial charge in [0, 0.05) is 6.54 Å². The van der Waals surface area contributed by atoms with Gasteiger partial charge in [0.25, 0.3) is 0 Å². The van der Waals surface area contributed by atoms with E-state index in [1.165, 1.54) is 0 Å². The Morgan fingerprint density at radius 2 is 1.71 bits per heavy atom. The normalized spacial score (nSPS) is 13.3. The quantitative estimate of drug-likeness (QED) is 0.531. The molecule has 0 heterocycles.